The number of rotatable bonds is 4. The SMILES string of the molecule is CCC(=O)N(O)c1ncnc2c1ncn2[C@@H]1O[C@H](CO)[C@@H](O)[C@@]1(C)O. The van der Waals surface area contributed by atoms with Gasteiger partial charge in [0.25, 0.3) is 5.91 Å². The first-order chi connectivity index (χ1) is 11.8. The van der Waals surface area contributed by atoms with Crippen LogP contribution in [-0.2, 0) is 9.53 Å². The monoisotopic (exact) mass is 353 g/mol. The quantitative estimate of drug-likeness (QED) is 0.398. The number of carbonyl (C=O) groups excluding carboxylic acids is 1. The lowest BCUT2D eigenvalue weighted by atomic mass is 9.96. The number of hydroxylamine groups is 1. The van der Waals surface area contributed by atoms with Crippen molar-refractivity contribution in [2.24, 2.45) is 0 Å². The molecular formula is C14H19N5O6. The molecule has 0 saturated carbocycles. The van der Waals surface area contributed by atoms with Crippen LogP contribution >= 0.6 is 0 Å². The van der Waals surface area contributed by atoms with Crippen LogP contribution in [0.4, 0.5) is 5.82 Å². The summed E-state index contributed by atoms with van der Waals surface area (Å²) in [6, 6.07) is 0. The zero-order valence-electron chi connectivity index (χ0n) is 13.6. The van der Waals surface area contributed by atoms with Crippen LogP contribution in [0, 0.1) is 0 Å². The number of aliphatic hydroxyl groups excluding tert-OH is 2. The fourth-order valence-corrected chi connectivity index (χ4v) is 2.82. The van der Waals surface area contributed by atoms with Gasteiger partial charge in [0.2, 0.25) is 0 Å². The van der Waals surface area contributed by atoms with Crippen molar-refractivity contribution in [3.05, 3.63) is 12.7 Å². The first-order valence-electron chi connectivity index (χ1n) is 7.69. The third-order valence-corrected chi connectivity index (χ3v) is 4.27. The average Bonchev–Trinajstić information content (AvgIpc) is 3.12. The second kappa shape index (κ2) is 6.28. The summed E-state index contributed by atoms with van der Waals surface area (Å²) in [7, 11) is 0. The predicted molar refractivity (Wildman–Crippen MR) is 82.5 cm³/mol. The second-order valence-corrected chi connectivity index (χ2v) is 5.96. The molecule has 1 amide bonds. The summed E-state index contributed by atoms with van der Waals surface area (Å²) in [6.45, 7) is 2.48. The molecule has 25 heavy (non-hydrogen) atoms. The summed E-state index contributed by atoms with van der Waals surface area (Å²) in [5.74, 6) is -0.679. The number of nitrogens with zero attached hydrogens (tertiary/aromatic N) is 5. The Morgan fingerprint density at radius 3 is 2.76 bits per heavy atom. The molecule has 0 radical (unpaired) electrons. The number of amides is 1. The van der Waals surface area contributed by atoms with Gasteiger partial charge in [0.05, 0.1) is 12.9 Å². The van der Waals surface area contributed by atoms with Gasteiger partial charge in [0.1, 0.15) is 24.1 Å². The molecule has 4 atom stereocenters. The Balaban J connectivity index is 2.07. The van der Waals surface area contributed by atoms with E-state index in [1.54, 1.807) is 6.92 Å². The van der Waals surface area contributed by atoms with Crippen LogP contribution in [0.25, 0.3) is 11.2 Å². The second-order valence-electron chi connectivity index (χ2n) is 5.96. The molecule has 3 rings (SSSR count). The molecule has 1 saturated heterocycles. The predicted octanol–water partition coefficient (Wildman–Crippen LogP) is -1.04. The Kier molecular flexibility index (Phi) is 4.43. The van der Waals surface area contributed by atoms with E-state index in [2.05, 4.69) is 15.0 Å². The van der Waals surface area contributed by atoms with E-state index in [1.807, 2.05) is 0 Å². The lowest BCUT2D eigenvalue weighted by molar-refractivity contribution is -0.123. The molecule has 1 aliphatic rings. The molecule has 0 spiro atoms. The van der Waals surface area contributed by atoms with E-state index in [-0.39, 0.29) is 23.4 Å². The molecule has 4 N–H and O–H groups in total. The van der Waals surface area contributed by atoms with Gasteiger partial charge in [-0.15, -0.1) is 0 Å². The topological polar surface area (TPSA) is 154 Å². The van der Waals surface area contributed by atoms with Crippen LogP contribution in [0.2, 0.25) is 0 Å². The third-order valence-electron chi connectivity index (χ3n) is 4.27. The standard InChI is InChI=1S/C14H19N5O6/c1-3-8(21)19(24)12-9-11(15-5-16-12)18(6-17-9)13-14(2,23)10(22)7(4-20)25-13/h5-7,10,13,20,22-24H,3-4H2,1-2H3/t7-,10-,13-,14-/m1/s1. The molecule has 3 heterocycles. The maximum atomic E-state index is 11.7. The van der Waals surface area contributed by atoms with Crippen molar-refractivity contribution in [2.45, 2.75) is 44.3 Å². The van der Waals surface area contributed by atoms with Gasteiger partial charge in [-0.05, 0) is 6.92 Å². The Labute approximate surface area is 142 Å². The molecule has 11 heteroatoms. The van der Waals surface area contributed by atoms with Gasteiger partial charge < -0.3 is 20.1 Å². The molecule has 1 aliphatic heterocycles. The van der Waals surface area contributed by atoms with Gasteiger partial charge in [-0.25, -0.2) is 15.0 Å². The zero-order chi connectivity index (χ0) is 18.4. The van der Waals surface area contributed by atoms with Gasteiger partial charge in [-0.3, -0.25) is 14.6 Å². The summed E-state index contributed by atoms with van der Waals surface area (Å²) in [4.78, 5) is 23.7. The number of fused-ring (bicyclic) bond motifs is 1. The number of carbonyl (C=O) groups is 1. The van der Waals surface area contributed by atoms with E-state index in [9.17, 15) is 25.3 Å². The van der Waals surface area contributed by atoms with Crippen molar-refractivity contribution in [2.75, 3.05) is 11.7 Å². The molecule has 0 bridgehead atoms. The van der Waals surface area contributed by atoms with Crippen molar-refractivity contribution in [1.29, 1.82) is 0 Å². The number of hydrogen-bond acceptors (Lipinski definition) is 9. The summed E-state index contributed by atoms with van der Waals surface area (Å²) >= 11 is 0. The van der Waals surface area contributed by atoms with Crippen LogP contribution in [0.15, 0.2) is 12.7 Å². The highest BCUT2D eigenvalue weighted by Gasteiger charge is 2.53. The van der Waals surface area contributed by atoms with Crippen molar-refractivity contribution in [3.8, 4) is 0 Å². The minimum absolute atomic E-state index is 0.0630. The van der Waals surface area contributed by atoms with Crippen LogP contribution < -0.4 is 5.06 Å². The van der Waals surface area contributed by atoms with Gasteiger partial charge in [-0.1, -0.05) is 6.92 Å². The summed E-state index contributed by atoms with van der Waals surface area (Å²) in [6.07, 6.45) is -0.897. The smallest absolute Gasteiger partial charge is 0.251 e. The highest BCUT2D eigenvalue weighted by Crippen LogP contribution is 2.39. The fraction of sp³-hybridized carbons (Fsp3) is 0.571. The van der Waals surface area contributed by atoms with E-state index >= 15 is 0 Å². The number of imidazole rings is 1. The van der Waals surface area contributed by atoms with Crippen LogP contribution in [0.5, 0.6) is 0 Å². The molecule has 11 nitrogen and oxygen atoms in total. The molecule has 2 aromatic heterocycles. The van der Waals surface area contributed by atoms with Gasteiger partial charge in [-0.2, -0.15) is 5.06 Å². The first kappa shape index (κ1) is 17.6. The minimum atomic E-state index is -1.72. The Hall–Kier alpha value is -2.18. The number of ether oxygens (including phenoxy) is 1. The van der Waals surface area contributed by atoms with Crippen LogP contribution in [-0.4, -0.2) is 70.4 Å². The van der Waals surface area contributed by atoms with Crippen molar-refractivity contribution in [3.63, 3.8) is 0 Å². The lowest BCUT2D eigenvalue weighted by Crippen LogP contribution is -2.44. The van der Waals surface area contributed by atoms with Gasteiger partial charge >= 0.3 is 0 Å². The minimum Gasteiger partial charge on any atom is -0.394 e. The Morgan fingerprint density at radius 1 is 1.44 bits per heavy atom. The molecular weight excluding hydrogens is 334 g/mol. The highest BCUT2D eigenvalue weighted by atomic mass is 16.6. The maximum Gasteiger partial charge on any atom is 0.251 e. The number of hydrogen-bond donors (Lipinski definition) is 4. The third kappa shape index (κ3) is 2.65. The normalized spacial score (nSPS) is 29.3. The van der Waals surface area contributed by atoms with Crippen LogP contribution in [0.1, 0.15) is 26.5 Å². The van der Waals surface area contributed by atoms with Crippen LogP contribution in [0.3, 0.4) is 0 Å². The highest BCUT2D eigenvalue weighted by molar-refractivity contribution is 5.96. The first-order valence-corrected chi connectivity index (χ1v) is 7.69. The van der Waals surface area contributed by atoms with Gasteiger partial charge in [0, 0.05) is 6.42 Å². The summed E-state index contributed by atoms with van der Waals surface area (Å²) in [5.41, 5.74) is -1.42. The molecule has 1 fully saturated rings. The van der Waals surface area contributed by atoms with Crippen molar-refractivity contribution < 1.29 is 30.1 Å². The average molecular weight is 353 g/mol. The van der Waals surface area contributed by atoms with Crippen molar-refractivity contribution in [1.82, 2.24) is 19.5 Å². The molecule has 0 unspecified atom stereocenters. The van der Waals surface area contributed by atoms with Crippen molar-refractivity contribution >= 4 is 22.9 Å². The van der Waals surface area contributed by atoms with E-state index in [0.29, 0.717) is 5.06 Å². The van der Waals surface area contributed by atoms with E-state index in [4.69, 9.17) is 4.74 Å². The number of aliphatic hydroxyl groups is 3. The van der Waals surface area contributed by atoms with E-state index < -0.39 is 36.6 Å². The summed E-state index contributed by atoms with van der Waals surface area (Å²) in [5, 5.41) is 40.3. The zero-order valence-corrected chi connectivity index (χ0v) is 13.6. The molecule has 0 aromatic carbocycles. The Bertz CT molecular complexity index is 793. The Morgan fingerprint density at radius 2 is 2.16 bits per heavy atom. The lowest BCUT2D eigenvalue weighted by Gasteiger charge is -2.27. The molecule has 0 aliphatic carbocycles. The number of anilines is 1. The maximum absolute atomic E-state index is 11.7. The fourth-order valence-electron chi connectivity index (χ4n) is 2.82. The van der Waals surface area contributed by atoms with Gasteiger partial charge in [0.15, 0.2) is 23.2 Å². The van der Waals surface area contributed by atoms with E-state index in [1.165, 1.54) is 17.8 Å². The summed E-state index contributed by atoms with van der Waals surface area (Å²) < 4.78 is 6.88. The molecule has 136 valence electrons. The largest absolute Gasteiger partial charge is 0.394 e. The number of aromatic nitrogens is 4. The van der Waals surface area contributed by atoms with E-state index in [0.717, 1.165) is 6.33 Å². The molecule has 2 aromatic rings.